The van der Waals surface area contributed by atoms with Gasteiger partial charge in [0.15, 0.2) is 5.43 Å². The molecular weight excluding hydrogens is 384 g/mol. The van der Waals surface area contributed by atoms with Gasteiger partial charge in [-0.3, -0.25) is 9.20 Å². The Kier molecular flexibility index (Phi) is 5.71. The Hall–Kier alpha value is -2.92. The molecule has 2 aromatic carbocycles. The molecule has 0 spiro atoms. The van der Waals surface area contributed by atoms with Crippen LogP contribution in [-0.4, -0.2) is 47.5 Å². The number of fused-ring (bicyclic) bond motifs is 2. The van der Waals surface area contributed by atoms with Gasteiger partial charge in [0.05, 0.1) is 27.6 Å². The van der Waals surface area contributed by atoms with Crippen LogP contribution in [0.5, 0.6) is 0 Å². The Balaban J connectivity index is 1.93. The number of aryl methyl sites for hydroxylation is 1. The van der Waals surface area contributed by atoms with Gasteiger partial charge in [0.1, 0.15) is 6.33 Å². The molecule has 0 atom stereocenters. The Labute approximate surface area is 183 Å². The van der Waals surface area contributed by atoms with Crippen LogP contribution in [0.15, 0.2) is 47.5 Å². The molecule has 31 heavy (non-hydrogen) atoms. The van der Waals surface area contributed by atoms with E-state index in [0.29, 0.717) is 0 Å². The van der Waals surface area contributed by atoms with Crippen molar-refractivity contribution in [3.8, 4) is 0 Å². The predicted octanol–water partition coefficient (Wildman–Crippen LogP) is 4.64. The number of benzene rings is 2. The molecule has 4 aromatic rings. The second-order valence-electron chi connectivity index (χ2n) is 8.65. The number of aromatic nitrogens is 2. The monoisotopic (exact) mass is 416 g/mol. The van der Waals surface area contributed by atoms with Crippen LogP contribution in [-0.2, 0) is 6.42 Å². The number of nitrogens with zero attached hydrogens (tertiary/aromatic N) is 4. The van der Waals surface area contributed by atoms with Crippen LogP contribution in [0.3, 0.4) is 0 Å². The van der Waals surface area contributed by atoms with E-state index in [4.69, 9.17) is 0 Å². The Bertz CT molecular complexity index is 1320. The lowest BCUT2D eigenvalue weighted by Crippen LogP contribution is -2.33. The van der Waals surface area contributed by atoms with Crippen molar-refractivity contribution in [3.63, 3.8) is 0 Å². The Morgan fingerprint density at radius 3 is 2.58 bits per heavy atom. The first-order valence-electron chi connectivity index (χ1n) is 11.1. The number of pyridine rings is 1. The van der Waals surface area contributed by atoms with Crippen molar-refractivity contribution in [2.75, 3.05) is 38.1 Å². The van der Waals surface area contributed by atoms with E-state index in [1.54, 1.807) is 0 Å². The highest BCUT2D eigenvalue weighted by Gasteiger charge is 2.19. The number of hydrogen-bond donors (Lipinski definition) is 0. The summed E-state index contributed by atoms with van der Waals surface area (Å²) in [6, 6.07) is 8.25. The summed E-state index contributed by atoms with van der Waals surface area (Å²) < 4.78 is 2.09. The maximum Gasteiger partial charge on any atom is 0.199 e. The van der Waals surface area contributed by atoms with Crippen molar-refractivity contribution in [2.45, 2.75) is 34.1 Å². The average Bonchev–Trinajstić information content (AvgIpc) is 3.17. The molecule has 0 radical (unpaired) electrons. The van der Waals surface area contributed by atoms with E-state index in [1.165, 1.54) is 5.56 Å². The number of anilines is 1. The highest BCUT2D eigenvalue weighted by atomic mass is 16.1. The maximum atomic E-state index is 13.8. The fourth-order valence-electron chi connectivity index (χ4n) is 4.54. The number of imidazole rings is 1. The van der Waals surface area contributed by atoms with E-state index < -0.39 is 0 Å². The van der Waals surface area contributed by atoms with Crippen LogP contribution < -0.4 is 10.3 Å². The number of hydrogen-bond acceptors (Lipinski definition) is 4. The van der Waals surface area contributed by atoms with Crippen LogP contribution in [0.2, 0.25) is 0 Å². The van der Waals surface area contributed by atoms with Gasteiger partial charge < -0.3 is 9.80 Å². The summed E-state index contributed by atoms with van der Waals surface area (Å²) in [6.45, 7) is 16.4. The van der Waals surface area contributed by atoms with Gasteiger partial charge in [-0.1, -0.05) is 26.0 Å². The number of rotatable bonds is 8. The van der Waals surface area contributed by atoms with E-state index in [0.717, 1.165) is 76.7 Å². The summed E-state index contributed by atoms with van der Waals surface area (Å²) in [7, 11) is 2.08. The third-order valence-corrected chi connectivity index (χ3v) is 6.42. The average molecular weight is 417 g/mol. The second-order valence-corrected chi connectivity index (χ2v) is 8.65. The quantitative estimate of drug-likeness (QED) is 0.310. The van der Waals surface area contributed by atoms with Crippen LogP contribution in [0.1, 0.15) is 31.9 Å². The molecule has 5 heteroatoms. The summed E-state index contributed by atoms with van der Waals surface area (Å²) in [6.07, 6.45) is 2.66. The molecule has 162 valence electrons. The first-order valence-corrected chi connectivity index (χ1v) is 11.1. The molecule has 0 unspecified atom stereocenters. The van der Waals surface area contributed by atoms with Crippen LogP contribution >= 0.6 is 0 Å². The smallest absolute Gasteiger partial charge is 0.199 e. The SMILES string of the molecule is C=C(C)Cc1cc2c(cc1C)c(=O)c1c(N(C)CCN(CC)CC)ccc3ncn2c31. The Morgan fingerprint density at radius 2 is 1.90 bits per heavy atom. The molecule has 0 fully saturated rings. The molecule has 4 rings (SSSR count). The first-order chi connectivity index (χ1) is 14.8. The molecule has 0 amide bonds. The summed E-state index contributed by atoms with van der Waals surface area (Å²) in [4.78, 5) is 23.0. The van der Waals surface area contributed by atoms with Crippen LogP contribution in [0, 0.1) is 6.92 Å². The maximum absolute atomic E-state index is 13.8. The summed E-state index contributed by atoms with van der Waals surface area (Å²) >= 11 is 0. The van der Waals surface area contributed by atoms with Crippen LogP contribution in [0.4, 0.5) is 5.69 Å². The standard InChI is InChI=1S/C26H32N4O/c1-7-29(8-2)12-11-28(6)22-10-9-21-25-24(22)26(31)20-14-18(5)19(13-17(3)4)15-23(20)30(25)16-27-21/h9-10,14-16H,3,7-8,11-13H2,1-2,4-6H3. The van der Waals surface area contributed by atoms with Gasteiger partial charge in [0.2, 0.25) is 0 Å². The van der Waals surface area contributed by atoms with E-state index >= 15 is 0 Å². The third-order valence-electron chi connectivity index (χ3n) is 6.42. The lowest BCUT2D eigenvalue weighted by Gasteiger charge is -2.25. The van der Waals surface area contributed by atoms with Crippen molar-refractivity contribution in [1.82, 2.24) is 14.3 Å². The zero-order valence-corrected chi connectivity index (χ0v) is 19.3. The summed E-state index contributed by atoms with van der Waals surface area (Å²) in [5, 5.41) is 1.51. The molecule has 0 N–H and O–H groups in total. The molecular formula is C26H32N4O. The van der Waals surface area contributed by atoms with Gasteiger partial charge in [0, 0.05) is 25.5 Å². The lowest BCUT2D eigenvalue weighted by atomic mass is 9.98. The third kappa shape index (κ3) is 3.68. The Morgan fingerprint density at radius 1 is 1.16 bits per heavy atom. The molecule has 2 heterocycles. The zero-order valence-electron chi connectivity index (χ0n) is 19.3. The van der Waals surface area contributed by atoms with Crippen molar-refractivity contribution < 1.29 is 0 Å². The minimum Gasteiger partial charge on any atom is -0.373 e. The molecule has 0 bridgehead atoms. The zero-order chi connectivity index (χ0) is 22.3. The van der Waals surface area contributed by atoms with E-state index in [1.807, 2.05) is 31.5 Å². The van der Waals surface area contributed by atoms with E-state index in [2.05, 4.69) is 59.6 Å². The fourth-order valence-corrected chi connectivity index (χ4v) is 4.54. The topological polar surface area (TPSA) is 40.9 Å². The minimum absolute atomic E-state index is 0.0864. The highest BCUT2D eigenvalue weighted by molar-refractivity contribution is 6.07. The lowest BCUT2D eigenvalue weighted by molar-refractivity contribution is 0.311. The molecule has 0 saturated heterocycles. The summed E-state index contributed by atoms with van der Waals surface area (Å²) in [5.41, 5.74) is 7.19. The van der Waals surface area contributed by atoms with Gasteiger partial charge >= 0.3 is 0 Å². The van der Waals surface area contributed by atoms with E-state index in [9.17, 15) is 4.79 Å². The van der Waals surface area contributed by atoms with Gasteiger partial charge in [-0.25, -0.2) is 4.98 Å². The molecule has 2 aromatic heterocycles. The normalized spacial score (nSPS) is 11.9. The highest BCUT2D eigenvalue weighted by Crippen LogP contribution is 2.31. The molecule has 0 saturated carbocycles. The van der Waals surface area contributed by atoms with Gasteiger partial charge in [0.25, 0.3) is 0 Å². The van der Waals surface area contributed by atoms with Crippen molar-refractivity contribution in [3.05, 3.63) is 64.1 Å². The van der Waals surface area contributed by atoms with Crippen molar-refractivity contribution >= 4 is 33.0 Å². The molecule has 0 aliphatic carbocycles. The first kappa shape index (κ1) is 21.3. The fraction of sp³-hybridized carbons (Fsp3) is 0.385. The molecule has 0 aliphatic heterocycles. The van der Waals surface area contributed by atoms with Crippen molar-refractivity contribution in [1.29, 1.82) is 0 Å². The summed E-state index contributed by atoms with van der Waals surface area (Å²) in [5.74, 6) is 0. The number of allylic oxidation sites excluding steroid dienone is 1. The molecule has 0 aliphatic rings. The predicted molar refractivity (Wildman–Crippen MR) is 132 cm³/mol. The van der Waals surface area contributed by atoms with Gasteiger partial charge in [-0.05, 0) is 68.8 Å². The minimum atomic E-state index is 0.0864. The largest absolute Gasteiger partial charge is 0.373 e. The van der Waals surface area contributed by atoms with Gasteiger partial charge in [-0.15, -0.1) is 0 Å². The van der Waals surface area contributed by atoms with Gasteiger partial charge in [-0.2, -0.15) is 0 Å². The number of likely N-dealkylation sites (N-methyl/N-ethyl adjacent to an activating group) is 2. The van der Waals surface area contributed by atoms with Crippen molar-refractivity contribution in [2.24, 2.45) is 0 Å². The van der Waals surface area contributed by atoms with Crippen LogP contribution in [0.25, 0.3) is 27.3 Å². The second kappa shape index (κ2) is 8.31. The van der Waals surface area contributed by atoms with E-state index in [-0.39, 0.29) is 5.43 Å². The molecule has 5 nitrogen and oxygen atoms in total.